The van der Waals surface area contributed by atoms with E-state index in [4.69, 9.17) is 14.2 Å². The Kier molecular flexibility index (Phi) is 7.01. The molecule has 0 saturated carbocycles. The van der Waals surface area contributed by atoms with Crippen molar-refractivity contribution in [2.45, 2.75) is 25.3 Å². The van der Waals surface area contributed by atoms with Crippen LogP contribution in [0.2, 0.25) is 0 Å². The Balaban J connectivity index is 1.42. The zero-order chi connectivity index (χ0) is 24.1. The number of carbonyl (C=O) groups excluding carboxylic acids is 1. The molecule has 1 aliphatic carbocycles. The largest absolute Gasteiger partial charge is 0.493 e. The molecular weight excluding hydrogens is 434 g/mol. The summed E-state index contributed by atoms with van der Waals surface area (Å²) in [4.78, 5) is 24.4. The maximum Gasteiger partial charge on any atom is 0.407 e. The lowest BCUT2D eigenvalue weighted by Gasteiger charge is -2.18. The molecule has 1 atom stereocenters. The smallest absolute Gasteiger partial charge is 0.407 e. The molecule has 0 aliphatic heterocycles. The highest BCUT2D eigenvalue weighted by atomic mass is 16.5. The quantitative estimate of drug-likeness (QED) is 0.483. The first-order valence-electron chi connectivity index (χ1n) is 11.2. The summed E-state index contributed by atoms with van der Waals surface area (Å²) in [5.41, 5.74) is 5.12. The van der Waals surface area contributed by atoms with E-state index >= 15 is 0 Å². The number of rotatable bonds is 9. The number of fused-ring (bicyclic) bond motifs is 3. The van der Waals surface area contributed by atoms with Gasteiger partial charge in [0.15, 0.2) is 11.5 Å². The Morgan fingerprint density at radius 3 is 2.21 bits per heavy atom. The summed E-state index contributed by atoms with van der Waals surface area (Å²) in [6.45, 7) is 2.46. The summed E-state index contributed by atoms with van der Waals surface area (Å²) < 4.78 is 16.3. The lowest BCUT2D eigenvalue weighted by molar-refractivity contribution is -0.139. The Bertz CT molecular complexity index is 1150. The second-order valence-electron chi connectivity index (χ2n) is 7.98. The topological polar surface area (TPSA) is 94.1 Å². The summed E-state index contributed by atoms with van der Waals surface area (Å²) in [5, 5.41) is 12.1. The van der Waals surface area contributed by atoms with E-state index in [1.807, 2.05) is 43.3 Å². The fourth-order valence-electron chi connectivity index (χ4n) is 4.33. The monoisotopic (exact) mass is 461 g/mol. The van der Waals surface area contributed by atoms with Gasteiger partial charge in [-0.3, -0.25) is 0 Å². The zero-order valence-electron chi connectivity index (χ0n) is 19.1. The van der Waals surface area contributed by atoms with Gasteiger partial charge in [0.05, 0.1) is 13.7 Å². The standard InChI is InChI=1S/C27H27NO6/c1-3-33-24-13-12-17(15-25(24)32-2)14-23(26(29)30)28-27(31)34-16-22-20-10-6-4-8-18(20)19-9-5-7-11-21(19)22/h4-13,15,22-23H,3,14,16H2,1-2H3,(H,28,31)(H,29,30). The Hall–Kier alpha value is -4.00. The van der Waals surface area contributed by atoms with Crippen molar-refractivity contribution in [2.24, 2.45) is 0 Å². The number of carboxylic acid groups (broad SMARTS) is 1. The average Bonchev–Trinajstić information content (AvgIpc) is 3.17. The molecule has 176 valence electrons. The molecule has 4 rings (SSSR count). The minimum atomic E-state index is -1.15. The van der Waals surface area contributed by atoms with Crippen molar-refractivity contribution >= 4 is 12.1 Å². The lowest BCUT2D eigenvalue weighted by Crippen LogP contribution is -2.42. The van der Waals surface area contributed by atoms with Crippen LogP contribution in [-0.4, -0.2) is 43.5 Å². The molecule has 3 aromatic carbocycles. The number of aliphatic carboxylic acids is 1. The van der Waals surface area contributed by atoms with Crippen LogP contribution in [0.15, 0.2) is 66.7 Å². The first-order chi connectivity index (χ1) is 16.5. The maximum atomic E-state index is 12.5. The van der Waals surface area contributed by atoms with E-state index in [0.717, 1.165) is 22.3 Å². The van der Waals surface area contributed by atoms with Crippen LogP contribution >= 0.6 is 0 Å². The average molecular weight is 462 g/mol. The van der Waals surface area contributed by atoms with Gasteiger partial charge in [-0.1, -0.05) is 54.6 Å². The molecule has 0 fully saturated rings. The number of hydrogen-bond acceptors (Lipinski definition) is 5. The van der Waals surface area contributed by atoms with E-state index in [9.17, 15) is 14.7 Å². The summed E-state index contributed by atoms with van der Waals surface area (Å²) in [5.74, 6) is -0.173. The minimum Gasteiger partial charge on any atom is -0.493 e. The van der Waals surface area contributed by atoms with Crippen LogP contribution in [0.5, 0.6) is 11.5 Å². The number of carbonyl (C=O) groups is 2. The van der Waals surface area contributed by atoms with Crippen LogP contribution in [0.4, 0.5) is 4.79 Å². The summed E-state index contributed by atoms with van der Waals surface area (Å²) in [7, 11) is 1.52. The minimum absolute atomic E-state index is 0.0717. The highest BCUT2D eigenvalue weighted by molar-refractivity contribution is 5.81. The molecule has 7 nitrogen and oxygen atoms in total. The predicted octanol–water partition coefficient (Wildman–Crippen LogP) is 4.63. The number of hydrogen-bond donors (Lipinski definition) is 2. The number of nitrogens with one attached hydrogen (secondary N) is 1. The van der Waals surface area contributed by atoms with Gasteiger partial charge < -0.3 is 24.6 Å². The van der Waals surface area contributed by atoms with Crippen LogP contribution in [-0.2, 0) is 16.0 Å². The van der Waals surface area contributed by atoms with Gasteiger partial charge in [0.1, 0.15) is 12.6 Å². The van der Waals surface area contributed by atoms with Gasteiger partial charge in [-0.25, -0.2) is 9.59 Å². The molecular formula is C27H27NO6. The molecule has 0 radical (unpaired) electrons. The molecule has 2 N–H and O–H groups in total. The first-order valence-corrected chi connectivity index (χ1v) is 11.2. The molecule has 0 aromatic heterocycles. The van der Waals surface area contributed by atoms with Crippen molar-refractivity contribution in [3.63, 3.8) is 0 Å². The highest BCUT2D eigenvalue weighted by Crippen LogP contribution is 2.44. The lowest BCUT2D eigenvalue weighted by atomic mass is 9.98. The van der Waals surface area contributed by atoms with Crippen molar-refractivity contribution in [2.75, 3.05) is 20.3 Å². The number of carboxylic acids is 1. The Morgan fingerprint density at radius 1 is 0.971 bits per heavy atom. The van der Waals surface area contributed by atoms with E-state index in [0.29, 0.717) is 23.7 Å². The number of methoxy groups -OCH3 is 1. The van der Waals surface area contributed by atoms with E-state index in [1.165, 1.54) is 7.11 Å². The molecule has 1 unspecified atom stereocenters. The van der Waals surface area contributed by atoms with Crippen LogP contribution < -0.4 is 14.8 Å². The first kappa shape index (κ1) is 23.2. The van der Waals surface area contributed by atoms with E-state index < -0.39 is 18.1 Å². The normalized spacial score (nSPS) is 12.9. The molecule has 0 heterocycles. The van der Waals surface area contributed by atoms with E-state index in [-0.39, 0.29) is 18.9 Å². The third-order valence-electron chi connectivity index (χ3n) is 5.90. The highest BCUT2D eigenvalue weighted by Gasteiger charge is 2.30. The van der Waals surface area contributed by atoms with E-state index in [2.05, 4.69) is 17.4 Å². The zero-order valence-corrected chi connectivity index (χ0v) is 19.1. The molecule has 0 spiro atoms. The number of benzene rings is 3. The summed E-state index contributed by atoms with van der Waals surface area (Å²) in [6, 6.07) is 20.1. The molecule has 0 bridgehead atoms. The molecule has 7 heteroatoms. The van der Waals surface area contributed by atoms with Crippen LogP contribution in [0.3, 0.4) is 0 Å². The van der Waals surface area contributed by atoms with Gasteiger partial charge in [-0.2, -0.15) is 0 Å². The Morgan fingerprint density at radius 2 is 1.62 bits per heavy atom. The fourth-order valence-corrected chi connectivity index (χ4v) is 4.33. The number of ether oxygens (including phenoxy) is 3. The predicted molar refractivity (Wildman–Crippen MR) is 127 cm³/mol. The molecule has 34 heavy (non-hydrogen) atoms. The van der Waals surface area contributed by atoms with Crippen molar-refractivity contribution in [1.29, 1.82) is 0 Å². The van der Waals surface area contributed by atoms with Gasteiger partial charge in [0, 0.05) is 12.3 Å². The molecule has 1 aliphatic rings. The van der Waals surface area contributed by atoms with Crippen molar-refractivity contribution in [3.8, 4) is 22.6 Å². The van der Waals surface area contributed by atoms with Gasteiger partial charge in [0.2, 0.25) is 0 Å². The van der Waals surface area contributed by atoms with Crippen LogP contribution in [0.1, 0.15) is 29.5 Å². The third kappa shape index (κ3) is 4.83. The van der Waals surface area contributed by atoms with Gasteiger partial charge in [-0.05, 0) is 46.9 Å². The van der Waals surface area contributed by atoms with Crippen LogP contribution in [0.25, 0.3) is 11.1 Å². The fraction of sp³-hybridized carbons (Fsp3) is 0.259. The Labute approximate surface area is 198 Å². The van der Waals surface area contributed by atoms with E-state index in [1.54, 1.807) is 18.2 Å². The van der Waals surface area contributed by atoms with Gasteiger partial charge >= 0.3 is 12.1 Å². The number of amides is 1. The number of alkyl carbamates (subject to hydrolysis) is 1. The molecule has 3 aromatic rings. The SMILES string of the molecule is CCOc1ccc(CC(NC(=O)OCC2c3ccccc3-c3ccccc32)C(=O)O)cc1OC. The van der Waals surface area contributed by atoms with Crippen molar-refractivity contribution < 1.29 is 28.9 Å². The molecule has 1 amide bonds. The summed E-state index contributed by atoms with van der Waals surface area (Å²) in [6.07, 6.45) is -0.699. The molecule has 0 saturated heterocycles. The van der Waals surface area contributed by atoms with Crippen molar-refractivity contribution in [3.05, 3.63) is 83.4 Å². The van der Waals surface area contributed by atoms with Gasteiger partial charge in [0.25, 0.3) is 0 Å². The summed E-state index contributed by atoms with van der Waals surface area (Å²) >= 11 is 0. The third-order valence-corrected chi connectivity index (χ3v) is 5.90. The maximum absolute atomic E-state index is 12.5. The van der Waals surface area contributed by atoms with Crippen molar-refractivity contribution in [1.82, 2.24) is 5.32 Å². The second kappa shape index (κ2) is 10.3. The second-order valence-corrected chi connectivity index (χ2v) is 7.98. The van der Waals surface area contributed by atoms with Gasteiger partial charge in [-0.15, -0.1) is 0 Å². The van der Waals surface area contributed by atoms with Crippen LogP contribution in [0, 0.1) is 0 Å².